The molecule has 7 nitrogen and oxygen atoms in total. The minimum Gasteiger partial charge on any atom is -0.475 e. The van der Waals surface area contributed by atoms with E-state index in [-0.39, 0.29) is 16.7 Å². The second-order valence-electron chi connectivity index (χ2n) is 8.11. The van der Waals surface area contributed by atoms with E-state index in [2.05, 4.69) is 31.0 Å². The van der Waals surface area contributed by atoms with Gasteiger partial charge in [-0.1, -0.05) is 23.2 Å². The molecule has 0 spiro atoms. The van der Waals surface area contributed by atoms with Crippen molar-refractivity contribution in [1.82, 2.24) is 0 Å². The monoisotopic (exact) mass is 476 g/mol. The Hall–Kier alpha value is -2.77. The van der Waals surface area contributed by atoms with Gasteiger partial charge in [0, 0.05) is 17.0 Å². The average molecular weight is 477 g/mol. The Balaban J connectivity index is 1.95. The van der Waals surface area contributed by atoms with Crippen molar-refractivity contribution in [3.05, 3.63) is 55.6 Å². The molecule has 32 heavy (non-hydrogen) atoms. The lowest BCUT2D eigenvalue weighted by Crippen LogP contribution is -2.47. The summed E-state index contributed by atoms with van der Waals surface area (Å²) in [7, 11) is 0. The summed E-state index contributed by atoms with van der Waals surface area (Å²) in [6, 6.07) is 3.02. The van der Waals surface area contributed by atoms with Crippen molar-refractivity contribution in [1.29, 1.82) is 0 Å². The zero-order valence-corrected chi connectivity index (χ0v) is 20.2. The lowest BCUT2D eigenvalue weighted by Gasteiger charge is -2.36. The molecule has 0 amide bonds. The van der Waals surface area contributed by atoms with Gasteiger partial charge in [-0.05, 0) is 81.0 Å². The number of ether oxygens (including phenoxy) is 2. The number of hydrogen-bond donors (Lipinski definition) is 2. The molecule has 0 aromatic heterocycles. The Kier molecular flexibility index (Phi) is 6.72. The van der Waals surface area contributed by atoms with Crippen molar-refractivity contribution in [3.63, 3.8) is 0 Å². The molecule has 170 valence electrons. The number of guanidine groups is 1. The van der Waals surface area contributed by atoms with Crippen LogP contribution < -0.4 is 20.9 Å². The van der Waals surface area contributed by atoms with E-state index in [0.717, 1.165) is 22.4 Å². The number of carbonyl (C=O) groups is 1. The van der Waals surface area contributed by atoms with Crippen LogP contribution in [0.25, 0.3) is 0 Å². The van der Waals surface area contributed by atoms with Crippen LogP contribution in [0.4, 0.5) is 0 Å². The van der Waals surface area contributed by atoms with Crippen LogP contribution >= 0.6 is 23.2 Å². The molecule has 0 radical (unpaired) electrons. The second-order valence-corrected chi connectivity index (χ2v) is 8.95. The van der Waals surface area contributed by atoms with E-state index in [9.17, 15) is 4.79 Å². The van der Waals surface area contributed by atoms with Gasteiger partial charge in [-0.2, -0.15) is 5.10 Å². The lowest BCUT2D eigenvalue weighted by atomic mass is 9.85. The Morgan fingerprint density at radius 1 is 1.12 bits per heavy atom. The van der Waals surface area contributed by atoms with Gasteiger partial charge in [-0.25, -0.2) is 4.79 Å². The standard InChI is InChI=1S/C23H26Cl2N4O3/c1-11-12(2)14(4)19-17(13(11)3)6-7-23(5,32-19)21(30)31-20-15(10-28-29-22(26)27)8-16(24)9-18(20)25/h8-10H,6-7H2,1-5H3,(H4,26,27,29)/b28-10+. The third kappa shape index (κ3) is 4.54. The fraction of sp³-hybridized carbons (Fsp3) is 0.348. The molecule has 1 atom stereocenters. The Labute approximate surface area is 197 Å². The van der Waals surface area contributed by atoms with Gasteiger partial charge in [0.1, 0.15) is 5.75 Å². The second kappa shape index (κ2) is 9.00. The molecule has 1 unspecified atom stereocenters. The van der Waals surface area contributed by atoms with Crippen LogP contribution in [0, 0.1) is 27.7 Å². The summed E-state index contributed by atoms with van der Waals surface area (Å²) in [5.41, 5.74) is 15.5. The van der Waals surface area contributed by atoms with E-state index >= 15 is 0 Å². The third-order valence-corrected chi connectivity index (χ3v) is 6.47. The number of hydrogen-bond acceptors (Lipinski definition) is 5. The van der Waals surface area contributed by atoms with Crippen molar-refractivity contribution in [3.8, 4) is 11.5 Å². The molecule has 0 saturated carbocycles. The third-order valence-electron chi connectivity index (χ3n) is 5.97. The zero-order chi connectivity index (χ0) is 23.8. The molecule has 0 saturated heterocycles. The first-order chi connectivity index (χ1) is 14.9. The maximum absolute atomic E-state index is 13.3. The fourth-order valence-corrected chi connectivity index (χ4v) is 4.27. The summed E-state index contributed by atoms with van der Waals surface area (Å²) < 4.78 is 12.0. The summed E-state index contributed by atoms with van der Waals surface area (Å²) >= 11 is 12.4. The van der Waals surface area contributed by atoms with E-state index in [1.807, 2.05) is 6.92 Å². The molecule has 1 aliphatic heterocycles. The first-order valence-corrected chi connectivity index (χ1v) is 10.8. The van der Waals surface area contributed by atoms with Crippen molar-refractivity contribution >= 4 is 41.3 Å². The molecule has 0 bridgehead atoms. The predicted octanol–water partition coefficient (Wildman–Crippen LogP) is 4.52. The van der Waals surface area contributed by atoms with E-state index < -0.39 is 11.6 Å². The summed E-state index contributed by atoms with van der Waals surface area (Å²) in [6.07, 6.45) is 2.46. The SMILES string of the molecule is Cc1c(C)c(C)c2c(c1C)CCC(C)(C(=O)Oc1c(Cl)cc(Cl)cc1/C=N/N=C(N)N)O2. The molecule has 3 rings (SSSR count). The van der Waals surface area contributed by atoms with Gasteiger partial charge in [0.15, 0.2) is 5.75 Å². The predicted molar refractivity (Wildman–Crippen MR) is 128 cm³/mol. The number of carbonyl (C=O) groups excluding carboxylic acids is 1. The van der Waals surface area contributed by atoms with Crippen LogP contribution in [-0.4, -0.2) is 23.7 Å². The lowest BCUT2D eigenvalue weighted by molar-refractivity contribution is -0.152. The van der Waals surface area contributed by atoms with Gasteiger partial charge < -0.3 is 20.9 Å². The van der Waals surface area contributed by atoms with Crippen molar-refractivity contribution in [2.45, 2.75) is 53.1 Å². The highest BCUT2D eigenvalue weighted by Gasteiger charge is 2.42. The van der Waals surface area contributed by atoms with E-state index in [0.29, 0.717) is 23.4 Å². The number of benzene rings is 2. The summed E-state index contributed by atoms with van der Waals surface area (Å²) in [5.74, 6) is 0.0531. The van der Waals surface area contributed by atoms with E-state index in [1.54, 1.807) is 13.0 Å². The largest absolute Gasteiger partial charge is 0.475 e. The zero-order valence-electron chi connectivity index (χ0n) is 18.7. The molecule has 0 aliphatic carbocycles. The Bertz CT molecular complexity index is 1160. The molecule has 9 heteroatoms. The van der Waals surface area contributed by atoms with Gasteiger partial charge in [0.25, 0.3) is 0 Å². The number of nitrogens with zero attached hydrogens (tertiary/aromatic N) is 2. The minimum atomic E-state index is -1.19. The van der Waals surface area contributed by atoms with Crippen LogP contribution in [0.3, 0.4) is 0 Å². The van der Waals surface area contributed by atoms with Crippen molar-refractivity contribution in [2.24, 2.45) is 21.7 Å². The topological polar surface area (TPSA) is 112 Å². The molecule has 1 heterocycles. The van der Waals surface area contributed by atoms with Crippen molar-refractivity contribution < 1.29 is 14.3 Å². The highest BCUT2D eigenvalue weighted by Crippen LogP contribution is 2.42. The summed E-state index contributed by atoms with van der Waals surface area (Å²) in [4.78, 5) is 13.3. The maximum atomic E-state index is 13.3. The highest BCUT2D eigenvalue weighted by molar-refractivity contribution is 6.36. The Morgan fingerprint density at radius 2 is 1.78 bits per heavy atom. The fourth-order valence-electron chi connectivity index (χ4n) is 3.72. The number of esters is 1. The van der Waals surface area contributed by atoms with Gasteiger partial charge in [-0.15, -0.1) is 5.10 Å². The number of rotatable bonds is 4. The maximum Gasteiger partial charge on any atom is 0.355 e. The first kappa shape index (κ1) is 23.9. The van der Waals surface area contributed by atoms with Gasteiger partial charge in [-0.3, -0.25) is 0 Å². The molecule has 0 fully saturated rings. The smallest absolute Gasteiger partial charge is 0.355 e. The van der Waals surface area contributed by atoms with Crippen LogP contribution in [0.2, 0.25) is 10.0 Å². The van der Waals surface area contributed by atoms with Gasteiger partial charge >= 0.3 is 5.97 Å². The molecular formula is C23H26Cl2N4O3. The first-order valence-electron chi connectivity index (χ1n) is 10.1. The van der Waals surface area contributed by atoms with Crippen LogP contribution in [-0.2, 0) is 11.2 Å². The van der Waals surface area contributed by atoms with Crippen LogP contribution in [0.5, 0.6) is 11.5 Å². The molecule has 2 aromatic carbocycles. The quantitative estimate of drug-likeness (QED) is 0.221. The summed E-state index contributed by atoms with van der Waals surface area (Å²) in [6.45, 7) is 9.97. The van der Waals surface area contributed by atoms with Gasteiger partial charge in [0.2, 0.25) is 11.6 Å². The average Bonchev–Trinajstić information content (AvgIpc) is 2.72. The van der Waals surface area contributed by atoms with Crippen LogP contribution in [0.15, 0.2) is 22.3 Å². The number of halogens is 2. The Morgan fingerprint density at radius 3 is 2.44 bits per heavy atom. The van der Waals surface area contributed by atoms with Crippen molar-refractivity contribution in [2.75, 3.05) is 0 Å². The molecule has 1 aliphatic rings. The molecule has 2 aromatic rings. The van der Waals surface area contributed by atoms with E-state index in [4.69, 9.17) is 44.1 Å². The summed E-state index contributed by atoms with van der Waals surface area (Å²) in [5, 5.41) is 7.80. The normalized spacial score (nSPS) is 17.6. The molecular weight excluding hydrogens is 451 g/mol. The number of fused-ring (bicyclic) bond motifs is 1. The van der Waals surface area contributed by atoms with Crippen LogP contribution in [0.1, 0.15) is 46.7 Å². The molecule has 4 N–H and O–H groups in total. The van der Waals surface area contributed by atoms with Gasteiger partial charge in [0.05, 0.1) is 11.2 Å². The number of nitrogens with two attached hydrogens (primary N) is 2. The highest BCUT2D eigenvalue weighted by atomic mass is 35.5. The minimum absolute atomic E-state index is 0.0965. The van der Waals surface area contributed by atoms with E-state index in [1.165, 1.54) is 23.4 Å².